The van der Waals surface area contributed by atoms with Crippen LogP contribution in [0.3, 0.4) is 0 Å². The minimum absolute atomic E-state index is 0.251. The Labute approximate surface area is 196 Å². The number of nitrogens with zero attached hydrogens (tertiary/aromatic N) is 3. The fourth-order valence-electron chi connectivity index (χ4n) is 3.01. The third-order valence-electron chi connectivity index (χ3n) is 4.53. The molecule has 10 heteroatoms. The van der Waals surface area contributed by atoms with Crippen LogP contribution in [0.2, 0.25) is 10.0 Å². The van der Waals surface area contributed by atoms with Gasteiger partial charge in [0.25, 0.3) is 5.91 Å². The first kappa shape index (κ1) is 21.8. The minimum atomic E-state index is -0.630. The van der Waals surface area contributed by atoms with E-state index < -0.39 is 18.5 Å². The summed E-state index contributed by atoms with van der Waals surface area (Å²) in [7, 11) is 0. The molecular weight excluding hydrogens is 471 g/mol. The quantitative estimate of drug-likeness (QED) is 0.384. The lowest BCUT2D eigenvalue weighted by Crippen LogP contribution is -2.21. The van der Waals surface area contributed by atoms with Gasteiger partial charge in [0.15, 0.2) is 6.61 Å². The third-order valence-corrected chi connectivity index (χ3v) is 6.11. The number of amides is 1. The van der Waals surface area contributed by atoms with Crippen molar-refractivity contribution in [3.8, 4) is 11.8 Å². The van der Waals surface area contributed by atoms with Crippen LogP contribution in [-0.2, 0) is 9.53 Å². The van der Waals surface area contributed by atoms with Crippen LogP contribution >= 0.6 is 34.5 Å². The summed E-state index contributed by atoms with van der Waals surface area (Å²) in [5.74, 6) is -1.21. The Kier molecular flexibility index (Phi) is 6.15. The number of hydrogen-bond donors (Lipinski definition) is 1. The predicted octanol–water partition coefficient (Wildman–Crippen LogP) is 5.37. The molecular formula is C22H14Cl2N4O3S. The molecule has 0 bridgehead atoms. The molecule has 2 heterocycles. The highest BCUT2D eigenvalue weighted by atomic mass is 35.5. The second-order valence-corrected chi connectivity index (χ2v) is 8.63. The number of esters is 1. The van der Waals surface area contributed by atoms with Crippen molar-refractivity contribution < 1.29 is 14.3 Å². The number of nitriles is 1. The first-order valence-electron chi connectivity index (χ1n) is 9.27. The van der Waals surface area contributed by atoms with Gasteiger partial charge < -0.3 is 10.1 Å². The average molecular weight is 485 g/mol. The molecule has 0 saturated carbocycles. The first-order valence-corrected chi connectivity index (χ1v) is 10.8. The predicted molar refractivity (Wildman–Crippen MR) is 124 cm³/mol. The van der Waals surface area contributed by atoms with E-state index in [2.05, 4.69) is 10.4 Å². The van der Waals surface area contributed by atoms with Crippen LogP contribution < -0.4 is 5.32 Å². The van der Waals surface area contributed by atoms with Gasteiger partial charge in [0.1, 0.15) is 15.8 Å². The summed E-state index contributed by atoms with van der Waals surface area (Å²) in [5, 5.41) is 18.0. The molecule has 0 saturated heterocycles. The Morgan fingerprint density at radius 1 is 1.16 bits per heavy atom. The lowest BCUT2D eigenvalue weighted by Gasteiger charge is -2.08. The van der Waals surface area contributed by atoms with E-state index in [1.807, 2.05) is 25.1 Å². The largest absolute Gasteiger partial charge is 0.451 e. The van der Waals surface area contributed by atoms with Crippen LogP contribution in [0.1, 0.15) is 20.9 Å². The maximum absolute atomic E-state index is 12.5. The van der Waals surface area contributed by atoms with E-state index in [0.717, 1.165) is 21.6 Å². The molecule has 0 aliphatic rings. The highest BCUT2D eigenvalue weighted by Gasteiger charge is 2.19. The van der Waals surface area contributed by atoms with Gasteiger partial charge in [-0.2, -0.15) is 10.4 Å². The van der Waals surface area contributed by atoms with Gasteiger partial charge >= 0.3 is 5.97 Å². The normalized spacial score (nSPS) is 10.7. The topological polar surface area (TPSA) is 97.0 Å². The lowest BCUT2D eigenvalue weighted by atomic mass is 10.2. The number of aryl methyl sites for hydroxylation is 1. The number of carbonyl (C=O) groups is 2. The van der Waals surface area contributed by atoms with Gasteiger partial charge in [-0.05, 0) is 55.5 Å². The van der Waals surface area contributed by atoms with Crippen LogP contribution in [0.25, 0.3) is 15.9 Å². The van der Waals surface area contributed by atoms with Crippen molar-refractivity contribution in [3.63, 3.8) is 0 Å². The molecule has 1 amide bonds. The fourth-order valence-corrected chi connectivity index (χ4v) is 4.39. The van der Waals surface area contributed by atoms with Gasteiger partial charge in [0, 0.05) is 15.4 Å². The molecule has 0 fully saturated rings. The smallest absolute Gasteiger partial charge is 0.348 e. The van der Waals surface area contributed by atoms with E-state index in [1.165, 1.54) is 23.5 Å². The van der Waals surface area contributed by atoms with Crippen molar-refractivity contribution in [1.29, 1.82) is 5.26 Å². The summed E-state index contributed by atoms with van der Waals surface area (Å²) >= 11 is 13.1. The van der Waals surface area contributed by atoms with Crippen molar-refractivity contribution in [1.82, 2.24) is 9.78 Å². The lowest BCUT2D eigenvalue weighted by molar-refractivity contribution is -0.119. The van der Waals surface area contributed by atoms with E-state index >= 15 is 0 Å². The highest BCUT2D eigenvalue weighted by Crippen LogP contribution is 2.31. The number of nitrogens with one attached hydrogen (secondary N) is 1. The van der Waals surface area contributed by atoms with Gasteiger partial charge in [0.05, 0.1) is 22.6 Å². The van der Waals surface area contributed by atoms with E-state index in [4.69, 9.17) is 33.2 Å². The van der Waals surface area contributed by atoms with E-state index in [1.54, 1.807) is 28.9 Å². The number of aromatic nitrogens is 2. The van der Waals surface area contributed by atoms with Gasteiger partial charge in [0.2, 0.25) is 0 Å². The number of benzene rings is 2. The SMILES string of the molecule is Cc1nn(-c2ccc(Cl)cc2)c2sc(C(=O)OCC(=O)Nc3cc(Cl)ccc3C#N)cc12. The van der Waals surface area contributed by atoms with Crippen molar-refractivity contribution in [3.05, 3.63) is 74.7 Å². The summed E-state index contributed by atoms with van der Waals surface area (Å²) in [4.78, 5) is 25.9. The summed E-state index contributed by atoms with van der Waals surface area (Å²) in [5.41, 5.74) is 2.07. The van der Waals surface area contributed by atoms with Gasteiger partial charge in [-0.1, -0.05) is 23.2 Å². The number of anilines is 1. The molecule has 2 aromatic carbocycles. The summed E-state index contributed by atoms with van der Waals surface area (Å²) in [6, 6.07) is 15.3. The minimum Gasteiger partial charge on any atom is -0.451 e. The molecule has 0 atom stereocenters. The van der Waals surface area contributed by atoms with Crippen molar-refractivity contribution in [2.24, 2.45) is 0 Å². The number of rotatable bonds is 5. The molecule has 0 radical (unpaired) electrons. The number of fused-ring (bicyclic) bond motifs is 1. The molecule has 4 rings (SSSR count). The summed E-state index contributed by atoms with van der Waals surface area (Å²) in [6.45, 7) is 1.34. The number of ether oxygens (including phenoxy) is 1. The van der Waals surface area contributed by atoms with Gasteiger partial charge in [-0.15, -0.1) is 11.3 Å². The third kappa shape index (κ3) is 4.46. The van der Waals surface area contributed by atoms with Crippen LogP contribution in [0.4, 0.5) is 5.69 Å². The molecule has 4 aromatic rings. The van der Waals surface area contributed by atoms with Crippen molar-refractivity contribution in [2.75, 3.05) is 11.9 Å². The first-order chi connectivity index (χ1) is 15.4. The molecule has 32 heavy (non-hydrogen) atoms. The molecule has 160 valence electrons. The van der Waals surface area contributed by atoms with Crippen LogP contribution in [0.5, 0.6) is 0 Å². The Morgan fingerprint density at radius 2 is 1.88 bits per heavy atom. The molecule has 1 N–H and O–H groups in total. The fraction of sp³-hybridized carbons (Fsp3) is 0.0909. The zero-order valence-electron chi connectivity index (χ0n) is 16.6. The van der Waals surface area contributed by atoms with Crippen LogP contribution in [0.15, 0.2) is 48.5 Å². The second kappa shape index (κ2) is 9.01. The second-order valence-electron chi connectivity index (χ2n) is 6.73. The molecule has 0 unspecified atom stereocenters. The Morgan fingerprint density at radius 3 is 2.59 bits per heavy atom. The van der Waals surface area contributed by atoms with Crippen LogP contribution in [-0.4, -0.2) is 28.3 Å². The van der Waals surface area contributed by atoms with E-state index in [9.17, 15) is 9.59 Å². The average Bonchev–Trinajstić information content (AvgIpc) is 3.34. The monoisotopic (exact) mass is 484 g/mol. The summed E-state index contributed by atoms with van der Waals surface area (Å²) in [6.07, 6.45) is 0. The highest BCUT2D eigenvalue weighted by molar-refractivity contribution is 7.20. The molecule has 0 aliphatic carbocycles. The number of carbonyl (C=O) groups excluding carboxylic acids is 2. The Hall–Kier alpha value is -3.38. The Balaban J connectivity index is 1.48. The van der Waals surface area contributed by atoms with E-state index in [0.29, 0.717) is 14.9 Å². The van der Waals surface area contributed by atoms with Crippen molar-refractivity contribution >= 4 is 62.3 Å². The van der Waals surface area contributed by atoms with Gasteiger partial charge in [-0.3, -0.25) is 4.79 Å². The van der Waals surface area contributed by atoms with Gasteiger partial charge in [-0.25, -0.2) is 9.48 Å². The maximum atomic E-state index is 12.5. The number of hydrogen-bond acceptors (Lipinski definition) is 6. The standard InChI is InChI=1S/C22H14Cl2N4O3S/c1-12-17-9-19(32-21(17)28(27-12)16-6-4-14(23)5-7-16)22(30)31-11-20(29)26-18-8-15(24)3-2-13(18)10-25/h2-9H,11H2,1H3,(H,26,29). The molecule has 7 nitrogen and oxygen atoms in total. The summed E-state index contributed by atoms with van der Waals surface area (Å²) < 4.78 is 6.90. The molecule has 0 aliphatic heterocycles. The van der Waals surface area contributed by atoms with E-state index in [-0.39, 0.29) is 11.3 Å². The zero-order valence-corrected chi connectivity index (χ0v) is 18.9. The number of thiophene rings is 1. The Bertz CT molecular complexity index is 1390. The molecule has 0 spiro atoms. The van der Waals surface area contributed by atoms with Crippen molar-refractivity contribution in [2.45, 2.75) is 6.92 Å². The number of halogens is 2. The zero-order chi connectivity index (χ0) is 22.8. The molecule has 2 aromatic heterocycles. The maximum Gasteiger partial charge on any atom is 0.348 e. The van der Waals surface area contributed by atoms with Crippen LogP contribution in [0, 0.1) is 18.3 Å².